The molecule has 0 aromatic carbocycles. The lowest BCUT2D eigenvalue weighted by Gasteiger charge is -2.37. The van der Waals surface area contributed by atoms with Crippen molar-refractivity contribution < 1.29 is 14.6 Å². The van der Waals surface area contributed by atoms with E-state index in [4.69, 9.17) is 4.74 Å². The zero-order chi connectivity index (χ0) is 15.7. The third kappa shape index (κ3) is 2.77. The molecule has 22 heavy (non-hydrogen) atoms. The first-order chi connectivity index (χ1) is 10.5. The number of rotatable bonds is 3. The fourth-order valence-electron chi connectivity index (χ4n) is 4.55. The van der Waals surface area contributed by atoms with Crippen LogP contribution in [0.2, 0.25) is 0 Å². The molecule has 0 amide bonds. The maximum absolute atomic E-state index is 12.6. The van der Waals surface area contributed by atoms with Crippen LogP contribution in [0.1, 0.15) is 58.3 Å². The molecule has 3 aliphatic rings. The lowest BCUT2D eigenvalue weighted by atomic mass is 9.86. The van der Waals surface area contributed by atoms with Crippen molar-refractivity contribution in [1.82, 2.24) is 4.90 Å². The molecule has 1 N–H and O–H groups in total. The van der Waals surface area contributed by atoms with Crippen LogP contribution in [0.25, 0.3) is 0 Å². The van der Waals surface area contributed by atoms with Crippen LogP contribution in [-0.4, -0.2) is 46.8 Å². The maximum Gasteiger partial charge on any atom is 0.351 e. The van der Waals surface area contributed by atoms with Gasteiger partial charge in [0, 0.05) is 18.0 Å². The highest BCUT2D eigenvalue weighted by atomic mass is 16.6. The third-order valence-electron chi connectivity index (χ3n) is 5.90. The van der Waals surface area contributed by atoms with Gasteiger partial charge >= 0.3 is 5.97 Å². The molecule has 0 aromatic rings. The number of hydrogen-bond donors (Lipinski definition) is 1. The number of hydrogen-bond acceptors (Lipinski definition) is 4. The van der Waals surface area contributed by atoms with Crippen molar-refractivity contribution in [2.75, 3.05) is 7.05 Å². The molecule has 2 saturated heterocycles. The molecule has 0 spiro atoms. The molecule has 0 unspecified atom stereocenters. The molecule has 2 aliphatic heterocycles. The summed E-state index contributed by atoms with van der Waals surface area (Å²) in [5, 5.41) is 10.9. The van der Waals surface area contributed by atoms with Gasteiger partial charge in [-0.1, -0.05) is 18.8 Å². The summed E-state index contributed by atoms with van der Waals surface area (Å²) in [4.78, 5) is 15.1. The van der Waals surface area contributed by atoms with Crippen LogP contribution in [0.5, 0.6) is 0 Å². The molecular weight excluding hydrogens is 278 g/mol. The zero-order valence-electron chi connectivity index (χ0n) is 13.7. The van der Waals surface area contributed by atoms with E-state index in [-0.39, 0.29) is 12.0 Å². The van der Waals surface area contributed by atoms with Gasteiger partial charge in [-0.05, 0) is 52.5 Å². The van der Waals surface area contributed by atoms with Gasteiger partial charge in [-0.15, -0.1) is 5.92 Å². The van der Waals surface area contributed by atoms with Gasteiger partial charge in [0.15, 0.2) is 0 Å². The molecule has 4 nitrogen and oxygen atoms in total. The van der Waals surface area contributed by atoms with Gasteiger partial charge in [-0.3, -0.25) is 0 Å². The number of aliphatic hydroxyl groups is 1. The van der Waals surface area contributed by atoms with Crippen LogP contribution in [0.4, 0.5) is 0 Å². The number of ether oxygens (including phenoxy) is 1. The quantitative estimate of drug-likeness (QED) is 0.641. The highest BCUT2D eigenvalue weighted by molar-refractivity contribution is 5.84. The zero-order valence-corrected chi connectivity index (χ0v) is 13.7. The molecule has 2 bridgehead atoms. The number of piperidine rings is 1. The standard InChI is InChI=1S/C18H27NO3/c1-3-10-18(21,13-6-4-5-7-13)17(20)22-16-11-14-8-9-15(12-16)19(14)2/h13-16,21H,4-9,11-12H2,1-2H3/t14-,15-,18-/m0/s1. The highest BCUT2D eigenvalue weighted by Gasteiger charge is 2.47. The summed E-state index contributed by atoms with van der Waals surface area (Å²) in [7, 11) is 2.16. The van der Waals surface area contributed by atoms with E-state index in [2.05, 4.69) is 23.8 Å². The Labute approximate surface area is 133 Å². The van der Waals surface area contributed by atoms with E-state index in [0.717, 1.165) is 38.5 Å². The molecule has 1 aliphatic carbocycles. The summed E-state index contributed by atoms with van der Waals surface area (Å²) in [6, 6.07) is 1.04. The van der Waals surface area contributed by atoms with E-state index < -0.39 is 11.6 Å². The van der Waals surface area contributed by atoms with Crippen molar-refractivity contribution in [3.05, 3.63) is 0 Å². The number of fused-ring (bicyclic) bond motifs is 2. The average Bonchev–Trinajstić information content (AvgIpc) is 3.07. The molecule has 0 aromatic heterocycles. The smallest absolute Gasteiger partial charge is 0.351 e. The molecule has 122 valence electrons. The van der Waals surface area contributed by atoms with Crippen molar-refractivity contribution in [3.63, 3.8) is 0 Å². The Balaban J connectivity index is 1.68. The molecule has 0 radical (unpaired) electrons. The Kier molecular flexibility index (Phi) is 4.47. The number of esters is 1. The van der Waals surface area contributed by atoms with Gasteiger partial charge in [-0.2, -0.15) is 0 Å². The first kappa shape index (κ1) is 15.8. The van der Waals surface area contributed by atoms with Crippen LogP contribution < -0.4 is 0 Å². The second kappa shape index (κ2) is 6.22. The van der Waals surface area contributed by atoms with Gasteiger partial charge in [0.05, 0.1) is 0 Å². The molecule has 1 saturated carbocycles. The predicted octanol–water partition coefficient (Wildman–Crippen LogP) is 2.10. The number of carbonyl (C=O) groups excluding carboxylic acids is 1. The van der Waals surface area contributed by atoms with Gasteiger partial charge in [-0.25, -0.2) is 4.79 Å². The fraction of sp³-hybridized carbons (Fsp3) is 0.833. The minimum Gasteiger partial charge on any atom is -0.459 e. The van der Waals surface area contributed by atoms with Crippen LogP contribution in [0, 0.1) is 17.8 Å². The monoisotopic (exact) mass is 305 g/mol. The predicted molar refractivity (Wildman–Crippen MR) is 84.0 cm³/mol. The first-order valence-electron chi connectivity index (χ1n) is 8.64. The Morgan fingerprint density at radius 1 is 1.18 bits per heavy atom. The van der Waals surface area contributed by atoms with E-state index in [9.17, 15) is 9.90 Å². The van der Waals surface area contributed by atoms with E-state index >= 15 is 0 Å². The second-order valence-electron chi connectivity index (χ2n) is 7.17. The van der Waals surface area contributed by atoms with E-state index in [1.807, 2.05) is 0 Å². The Hall–Kier alpha value is -1.05. The summed E-state index contributed by atoms with van der Waals surface area (Å²) in [6.07, 6.45) is 7.94. The van der Waals surface area contributed by atoms with Crippen LogP contribution in [0.15, 0.2) is 0 Å². The van der Waals surface area contributed by atoms with Crippen LogP contribution >= 0.6 is 0 Å². The third-order valence-corrected chi connectivity index (χ3v) is 5.90. The number of carbonyl (C=O) groups is 1. The van der Waals surface area contributed by atoms with E-state index in [1.165, 1.54) is 12.8 Å². The minimum absolute atomic E-state index is 0.0622. The highest BCUT2D eigenvalue weighted by Crippen LogP contribution is 2.38. The number of nitrogens with zero attached hydrogens (tertiary/aromatic N) is 1. The SMILES string of the molecule is CC#C[C@@](O)(C(=O)OC1C[C@@H]2CC[C@@H](C1)N2C)C1CCCC1. The molecule has 3 rings (SSSR count). The molecule has 3 fully saturated rings. The van der Waals surface area contributed by atoms with Crippen molar-refractivity contribution >= 4 is 5.97 Å². The van der Waals surface area contributed by atoms with Crippen molar-refractivity contribution in [1.29, 1.82) is 0 Å². The van der Waals surface area contributed by atoms with Crippen LogP contribution in [0.3, 0.4) is 0 Å². The van der Waals surface area contributed by atoms with Gasteiger partial charge in [0.1, 0.15) is 6.10 Å². The van der Waals surface area contributed by atoms with E-state index in [1.54, 1.807) is 6.92 Å². The lowest BCUT2D eigenvalue weighted by molar-refractivity contribution is -0.173. The van der Waals surface area contributed by atoms with Gasteiger partial charge in [0.2, 0.25) is 5.60 Å². The largest absolute Gasteiger partial charge is 0.459 e. The maximum atomic E-state index is 12.6. The Morgan fingerprint density at radius 3 is 2.32 bits per heavy atom. The summed E-state index contributed by atoms with van der Waals surface area (Å²) in [5.41, 5.74) is -1.60. The normalized spacial score (nSPS) is 34.8. The summed E-state index contributed by atoms with van der Waals surface area (Å²) >= 11 is 0. The lowest BCUT2D eigenvalue weighted by Crippen LogP contribution is -2.49. The van der Waals surface area contributed by atoms with Gasteiger partial charge < -0.3 is 14.7 Å². The first-order valence-corrected chi connectivity index (χ1v) is 8.64. The second-order valence-corrected chi connectivity index (χ2v) is 7.17. The fourth-order valence-corrected chi connectivity index (χ4v) is 4.55. The average molecular weight is 305 g/mol. The topological polar surface area (TPSA) is 49.8 Å². The van der Waals surface area contributed by atoms with Crippen LogP contribution in [-0.2, 0) is 9.53 Å². The van der Waals surface area contributed by atoms with E-state index in [0.29, 0.717) is 12.1 Å². The van der Waals surface area contributed by atoms with Gasteiger partial charge in [0.25, 0.3) is 0 Å². The Bertz CT molecular complexity index is 474. The molecule has 3 atom stereocenters. The minimum atomic E-state index is -1.60. The van der Waals surface area contributed by atoms with Crippen molar-refractivity contribution in [3.8, 4) is 11.8 Å². The summed E-state index contributed by atoms with van der Waals surface area (Å²) in [6.45, 7) is 1.67. The van der Waals surface area contributed by atoms with Crippen molar-refractivity contribution in [2.24, 2.45) is 5.92 Å². The van der Waals surface area contributed by atoms with Crippen molar-refractivity contribution in [2.45, 2.75) is 82.1 Å². The molecule has 4 heteroatoms. The Morgan fingerprint density at radius 2 is 1.77 bits per heavy atom. The molecular formula is C18H27NO3. The summed E-state index contributed by atoms with van der Waals surface area (Å²) in [5.74, 6) is 4.90. The molecule has 2 heterocycles. The summed E-state index contributed by atoms with van der Waals surface area (Å²) < 4.78 is 5.73.